The zero-order valence-electron chi connectivity index (χ0n) is 22.1. The summed E-state index contributed by atoms with van der Waals surface area (Å²) in [7, 11) is 0. The Kier molecular flexibility index (Phi) is 7.29. The molecule has 6 rings (SSSR count). The molecule has 0 radical (unpaired) electrons. The molecule has 1 aliphatic carbocycles. The number of carbonyl (C=O) groups is 1. The molecule has 2 saturated heterocycles. The number of rotatable bonds is 8. The van der Waals surface area contributed by atoms with E-state index in [9.17, 15) is 13.6 Å². The van der Waals surface area contributed by atoms with Gasteiger partial charge in [-0.2, -0.15) is 0 Å². The number of pyridine rings is 1. The number of anilines is 2. The Balaban J connectivity index is 1.19. The highest BCUT2D eigenvalue weighted by molar-refractivity contribution is 6.06. The molecule has 39 heavy (non-hydrogen) atoms. The molecule has 0 spiro atoms. The maximum atomic E-state index is 14.0. The largest absolute Gasteiger partial charge is 0.367 e. The van der Waals surface area contributed by atoms with Gasteiger partial charge in [0.25, 0.3) is 11.8 Å². The highest BCUT2D eigenvalue weighted by Gasteiger charge is 2.37. The fraction of sp³-hybridized carbons (Fsp3) is 0.517. The fourth-order valence-corrected chi connectivity index (χ4v) is 5.54. The van der Waals surface area contributed by atoms with Crippen molar-refractivity contribution in [2.45, 2.75) is 63.0 Å². The summed E-state index contributed by atoms with van der Waals surface area (Å²) >= 11 is 0. The molecule has 3 aliphatic rings. The lowest BCUT2D eigenvalue weighted by atomic mass is 10.0. The number of piperidine rings is 2. The van der Waals surface area contributed by atoms with Gasteiger partial charge in [0.05, 0.1) is 11.6 Å². The number of carbonyl (C=O) groups excluding carboxylic acids is 1. The minimum atomic E-state index is -2.65. The number of alkyl halides is 2. The van der Waals surface area contributed by atoms with Crippen LogP contribution in [0.2, 0.25) is 0 Å². The minimum Gasteiger partial charge on any atom is -0.367 e. The van der Waals surface area contributed by atoms with Crippen molar-refractivity contribution in [3.05, 3.63) is 53.9 Å². The standard InChI is InChI=1S/C29H35F2N7O/c30-29(31)11-15-37(16-12-29)25(20-17-33-28(34-18-20)38-13-2-1-3-14-38)19-32-27(39)23-5-4-6-24-22(23)9-10-26(36-24)35-21-7-8-21/h4-6,9-10,17-18,21,25H,1-3,7-8,11-16,19H2,(H,32,39)(H,35,36). The van der Waals surface area contributed by atoms with Gasteiger partial charge in [-0.15, -0.1) is 0 Å². The third kappa shape index (κ3) is 6.11. The van der Waals surface area contributed by atoms with Crippen molar-refractivity contribution < 1.29 is 13.6 Å². The van der Waals surface area contributed by atoms with E-state index in [2.05, 4.69) is 30.5 Å². The Labute approximate surface area is 227 Å². The summed E-state index contributed by atoms with van der Waals surface area (Å²) in [5, 5.41) is 7.24. The predicted octanol–water partition coefficient (Wildman–Crippen LogP) is 4.79. The lowest BCUT2D eigenvalue weighted by Gasteiger charge is -2.37. The van der Waals surface area contributed by atoms with Crippen LogP contribution in [0.5, 0.6) is 0 Å². The smallest absolute Gasteiger partial charge is 0.252 e. The number of amides is 1. The van der Waals surface area contributed by atoms with E-state index in [1.165, 1.54) is 6.42 Å². The maximum Gasteiger partial charge on any atom is 0.252 e. The van der Waals surface area contributed by atoms with Crippen molar-refractivity contribution in [3.8, 4) is 0 Å². The van der Waals surface area contributed by atoms with Gasteiger partial charge in [0.2, 0.25) is 5.95 Å². The summed E-state index contributed by atoms with van der Waals surface area (Å²) in [5.41, 5.74) is 2.11. The van der Waals surface area contributed by atoms with Gasteiger partial charge >= 0.3 is 0 Å². The minimum absolute atomic E-state index is 0.198. The molecule has 4 heterocycles. The Morgan fingerprint density at radius 1 is 1.00 bits per heavy atom. The van der Waals surface area contributed by atoms with Crippen LogP contribution in [0.3, 0.4) is 0 Å². The normalized spacial score (nSPS) is 20.5. The van der Waals surface area contributed by atoms with Gasteiger partial charge in [-0.05, 0) is 56.4 Å². The van der Waals surface area contributed by atoms with E-state index in [0.29, 0.717) is 17.6 Å². The van der Waals surface area contributed by atoms with Crippen molar-refractivity contribution in [1.82, 2.24) is 25.2 Å². The van der Waals surface area contributed by atoms with Gasteiger partial charge in [-0.3, -0.25) is 9.69 Å². The zero-order valence-corrected chi connectivity index (χ0v) is 22.1. The second kappa shape index (κ2) is 11.0. The first-order valence-electron chi connectivity index (χ1n) is 14.1. The summed E-state index contributed by atoms with van der Waals surface area (Å²) in [5.74, 6) is -1.35. The molecule has 1 aromatic carbocycles. The van der Waals surface area contributed by atoms with Crippen LogP contribution in [0.4, 0.5) is 20.5 Å². The van der Waals surface area contributed by atoms with Crippen LogP contribution >= 0.6 is 0 Å². The molecule has 1 saturated carbocycles. The van der Waals surface area contributed by atoms with Gasteiger partial charge in [0.15, 0.2) is 0 Å². The fourth-order valence-electron chi connectivity index (χ4n) is 5.54. The molecule has 206 valence electrons. The molecule has 3 aromatic rings. The first-order chi connectivity index (χ1) is 18.9. The van der Waals surface area contributed by atoms with Crippen molar-refractivity contribution in [1.29, 1.82) is 0 Å². The Morgan fingerprint density at radius 2 is 1.74 bits per heavy atom. The lowest BCUT2D eigenvalue weighted by molar-refractivity contribution is -0.0632. The first kappa shape index (κ1) is 25.9. The second-order valence-corrected chi connectivity index (χ2v) is 11.0. The summed E-state index contributed by atoms with van der Waals surface area (Å²) in [6.45, 7) is 2.64. The number of aromatic nitrogens is 3. The predicted molar refractivity (Wildman–Crippen MR) is 147 cm³/mol. The van der Waals surface area contributed by atoms with E-state index in [-0.39, 0.29) is 44.4 Å². The number of halogens is 2. The number of benzene rings is 1. The molecular weight excluding hydrogens is 500 g/mol. The SMILES string of the molecule is O=C(NCC(c1cnc(N2CCCCC2)nc1)N1CCC(F)(F)CC1)c1cccc2nc(NC3CC3)ccc12. The van der Waals surface area contributed by atoms with Crippen LogP contribution in [0.25, 0.3) is 10.9 Å². The second-order valence-electron chi connectivity index (χ2n) is 11.0. The third-order valence-corrected chi connectivity index (χ3v) is 8.01. The van der Waals surface area contributed by atoms with Gasteiger partial charge in [-0.25, -0.2) is 23.7 Å². The van der Waals surface area contributed by atoms with Crippen molar-refractivity contribution in [3.63, 3.8) is 0 Å². The Morgan fingerprint density at radius 3 is 2.46 bits per heavy atom. The van der Waals surface area contributed by atoms with E-state index in [0.717, 1.165) is 61.1 Å². The summed E-state index contributed by atoms with van der Waals surface area (Å²) < 4.78 is 27.9. The van der Waals surface area contributed by atoms with E-state index >= 15 is 0 Å². The van der Waals surface area contributed by atoms with Crippen LogP contribution in [0, 0.1) is 0 Å². The molecule has 1 atom stereocenters. The Bertz CT molecular complexity index is 1300. The molecule has 1 amide bonds. The monoisotopic (exact) mass is 535 g/mol. The van der Waals surface area contributed by atoms with Crippen LogP contribution < -0.4 is 15.5 Å². The number of hydrogen-bond donors (Lipinski definition) is 2. The van der Waals surface area contributed by atoms with Gasteiger partial charge in [-0.1, -0.05) is 6.07 Å². The lowest BCUT2D eigenvalue weighted by Crippen LogP contribution is -2.45. The van der Waals surface area contributed by atoms with Crippen LogP contribution in [0.15, 0.2) is 42.7 Å². The van der Waals surface area contributed by atoms with E-state index < -0.39 is 5.92 Å². The number of nitrogens with zero attached hydrogens (tertiary/aromatic N) is 5. The number of nitrogens with one attached hydrogen (secondary N) is 2. The maximum absolute atomic E-state index is 14.0. The number of fused-ring (bicyclic) bond motifs is 1. The molecule has 3 fully saturated rings. The number of likely N-dealkylation sites (tertiary alicyclic amines) is 1. The molecular formula is C29H35F2N7O. The van der Waals surface area contributed by atoms with Crippen LogP contribution in [-0.4, -0.2) is 70.4 Å². The molecule has 2 aromatic heterocycles. The van der Waals surface area contributed by atoms with Gasteiger partial charge in [0.1, 0.15) is 5.82 Å². The van der Waals surface area contributed by atoms with Crippen molar-refractivity contribution in [2.75, 3.05) is 42.9 Å². The van der Waals surface area contributed by atoms with Crippen molar-refractivity contribution in [2.24, 2.45) is 0 Å². The summed E-state index contributed by atoms with van der Waals surface area (Å²) in [6, 6.07) is 9.56. The topological polar surface area (TPSA) is 86.3 Å². The summed E-state index contributed by atoms with van der Waals surface area (Å²) in [4.78, 5) is 31.5. The van der Waals surface area contributed by atoms with E-state index in [1.54, 1.807) is 18.5 Å². The average molecular weight is 536 g/mol. The quantitative estimate of drug-likeness (QED) is 0.429. The average Bonchev–Trinajstić information content (AvgIpc) is 3.78. The molecule has 0 bridgehead atoms. The van der Waals surface area contributed by atoms with E-state index in [1.807, 2.05) is 29.2 Å². The zero-order chi connectivity index (χ0) is 26.8. The first-order valence-corrected chi connectivity index (χ1v) is 14.1. The van der Waals surface area contributed by atoms with Crippen molar-refractivity contribution >= 4 is 28.6 Å². The summed E-state index contributed by atoms with van der Waals surface area (Å²) in [6.07, 6.45) is 8.98. The van der Waals surface area contributed by atoms with Crippen LogP contribution in [-0.2, 0) is 0 Å². The van der Waals surface area contributed by atoms with Gasteiger partial charge in [0, 0.05) is 80.5 Å². The van der Waals surface area contributed by atoms with E-state index in [4.69, 9.17) is 0 Å². The molecule has 10 heteroatoms. The third-order valence-electron chi connectivity index (χ3n) is 8.01. The molecule has 2 N–H and O–H groups in total. The van der Waals surface area contributed by atoms with Crippen LogP contribution in [0.1, 0.15) is 66.9 Å². The molecule has 2 aliphatic heterocycles. The highest BCUT2D eigenvalue weighted by Crippen LogP contribution is 2.32. The molecule has 1 unspecified atom stereocenters. The highest BCUT2D eigenvalue weighted by atomic mass is 19.3. The number of hydrogen-bond acceptors (Lipinski definition) is 7. The Hall–Kier alpha value is -3.40. The molecule has 8 nitrogen and oxygen atoms in total. The van der Waals surface area contributed by atoms with Gasteiger partial charge < -0.3 is 15.5 Å².